The highest BCUT2D eigenvalue weighted by Crippen LogP contribution is 2.46. The quantitative estimate of drug-likeness (QED) is 0.265. The summed E-state index contributed by atoms with van der Waals surface area (Å²) in [5.74, 6) is -0.388. The SMILES string of the molecule is CC(C#N)N(C(=O)CNCCC1(c2nn[nH]n2)c2ccc(C(N)=O)cc2CCc2cc(C(N)=O)ccc21)[C@H]1C[C@H]1C. The molecule has 0 bridgehead atoms. The van der Waals surface area contributed by atoms with Crippen molar-refractivity contribution in [2.45, 2.75) is 57.0 Å². The lowest BCUT2D eigenvalue weighted by Gasteiger charge is -2.34. The van der Waals surface area contributed by atoms with Crippen LogP contribution in [0.4, 0.5) is 0 Å². The van der Waals surface area contributed by atoms with Crippen LogP contribution in [0.1, 0.15) is 75.5 Å². The molecule has 3 atom stereocenters. The van der Waals surface area contributed by atoms with E-state index in [0.717, 1.165) is 28.7 Å². The number of amides is 3. The summed E-state index contributed by atoms with van der Waals surface area (Å²) >= 11 is 0. The maximum absolute atomic E-state index is 13.2. The van der Waals surface area contributed by atoms with E-state index in [-0.39, 0.29) is 18.5 Å². The monoisotopic (exact) mass is 555 g/mol. The van der Waals surface area contributed by atoms with Crippen molar-refractivity contribution in [2.75, 3.05) is 13.1 Å². The molecule has 1 aromatic heterocycles. The van der Waals surface area contributed by atoms with Gasteiger partial charge >= 0.3 is 0 Å². The Morgan fingerprint density at radius 3 is 2.17 bits per heavy atom. The maximum atomic E-state index is 13.2. The number of aromatic amines is 1. The van der Waals surface area contributed by atoms with Crippen LogP contribution in [0, 0.1) is 17.2 Å². The van der Waals surface area contributed by atoms with Gasteiger partial charge < -0.3 is 21.7 Å². The van der Waals surface area contributed by atoms with E-state index in [1.807, 2.05) is 12.1 Å². The van der Waals surface area contributed by atoms with E-state index >= 15 is 0 Å². The van der Waals surface area contributed by atoms with E-state index in [1.54, 1.807) is 36.1 Å². The Kier molecular flexibility index (Phi) is 7.55. The fourth-order valence-electron chi connectivity index (χ4n) is 6.12. The average molecular weight is 556 g/mol. The smallest absolute Gasteiger partial charge is 0.248 e. The number of hydrogen-bond donors (Lipinski definition) is 4. The van der Waals surface area contributed by atoms with Crippen LogP contribution in [-0.4, -0.2) is 68.4 Å². The number of aryl methyl sites for hydroxylation is 2. The number of rotatable bonds is 10. The fraction of sp³-hybridized carbons (Fsp3) is 0.414. The highest BCUT2D eigenvalue weighted by Gasteiger charge is 2.45. The number of nitrogens with two attached hydrogens (primary N) is 2. The summed E-state index contributed by atoms with van der Waals surface area (Å²) in [6, 6.07) is 12.5. The molecular formula is C29H33N9O3. The first-order chi connectivity index (χ1) is 19.7. The number of fused-ring (bicyclic) bond motifs is 2. The van der Waals surface area contributed by atoms with Crippen molar-refractivity contribution in [1.29, 1.82) is 5.26 Å². The summed E-state index contributed by atoms with van der Waals surface area (Å²) < 4.78 is 0. The van der Waals surface area contributed by atoms with Crippen LogP contribution in [0.2, 0.25) is 0 Å². The summed E-state index contributed by atoms with van der Waals surface area (Å²) in [6.45, 7) is 4.28. The van der Waals surface area contributed by atoms with Gasteiger partial charge in [-0.3, -0.25) is 14.4 Å². The molecule has 2 aliphatic carbocycles. The minimum Gasteiger partial charge on any atom is -0.366 e. The summed E-state index contributed by atoms with van der Waals surface area (Å²) in [4.78, 5) is 38.9. The zero-order chi connectivity index (χ0) is 29.3. The number of aromatic nitrogens is 4. The number of primary amides is 2. The summed E-state index contributed by atoms with van der Waals surface area (Å²) in [5, 5.41) is 28.0. The minimum absolute atomic E-state index is 0.0680. The molecule has 1 fully saturated rings. The Bertz CT molecular complexity index is 1460. The van der Waals surface area contributed by atoms with Gasteiger partial charge in [-0.15, -0.1) is 10.2 Å². The molecular weight excluding hydrogens is 522 g/mol. The van der Waals surface area contributed by atoms with E-state index < -0.39 is 23.3 Å². The van der Waals surface area contributed by atoms with E-state index in [1.165, 1.54) is 0 Å². The molecule has 3 aromatic rings. The van der Waals surface area contributed by atoms with Gasteiger partial charge in [-0.05, 0) is 91.6 Å². The molecule has 2 aromatic carbocycles. The Morgan fingerprint density at radius 2 is 1.71 bits per heavy atom. The number of nitrogens with zero attached hydrogens (tertiary/aromatic N) is 5. The molecule has 0 aliphatic heterocycles. The number of nitrogens with one attached hydrogen (secondary N) is 2. The zero-order valence-electron chi connectivity index (χ0n) is 23.1. The summed E-state index contributed by atoms with van der Waals surface area (Å²) in [5.41, 5.74) is 14.6. The van der Waals surface area contributed by atoms with Crippen LogP contribution < -0.4 is 16.8 Å². The number of nitriles is 1. The lowest BCUT2D eigenvalue weighted by molar-refractivity contribution is -0.132. The van der Waals surface area contributed by atoms with Crippen LogP contribution in [0.3, 0.4) is 0 Å². The van der Waals surface area contributed by atoms with Gasteiger partial charge in [-0.2, -0.15) is 10.5 Å². The van der Waals surface area contributed by atoms with Crippen molar-refractivity contribution < 1.29 is 14.4 Å². The Morgan fingerprint density at radius 1 is 1.12 bits per heavy atom. The molecule has 212 valence electrons. The lowest BCUT2D eigenvalue weighted by Crippen LogP contribution is -2.45. The van der Waals surface area contributed by atoms with Crippen molar-refractivity contribution in [3.63, 3.8) is 0 Å². The van der Waals surface area contributed by atoms with Crippen molar-refractivity contribution >= 4 is 17.7 Å². The van der Waals surface area contributed by atoms with Crippen LogP contribution in [0.5, 0.6) is 0 Å². The van der Waals surface area contributed by atoms with Crippen LogP contribution in [0.25, 0.3) is 0 Å². The second-order valence-electron chi connectivity index (χ2n) is 10.9. The molecule has 0 saturated heterocycles. The fourth-order valence-corrected chi connectivity index (χ4v) is 6.12. The van der Waals surface area contributed by atoms with Crippen LogP contribution in [-0.2, 0) is 23.1 Å². The Labute approximate surface area is 237 Å². The molecule has 41 heavy (non-hydrogen) atoms. The van der Waals surface area contributed by atoms with Gasteiger partial charge in [0, 0.05) is 17.2 Å². The highest BCUT2D eigenvalue weighted by molar-refractivity contribution is 5.94. The van der Waals surface area contributed by atoms with Gasteiger partial charge in [-0.1, -0.05) is 24.3 Å². The normalized spacial score (nSPS) is 19.1. The van der Waals surface area contributed by atoms with Crippen LogP contribution >= 0.6 is 0 Å². The molecule has 0 spiro atoms. The van der Waals surface area contributed by atoms with Crippen molar-refractivity contribution in [3.8, 4) is 6.07 Å². The second-order valence-corrected chi connectivity index (χ2v) is 10.9. The summed E-state index contributed by atoms with van der Waals surface area (Å²) in [7, 11) is 0. The van der Waals surface area contributed by atoms with Crippen molar-refractivity contribution in [2.24, 2.45) is 17.4 Å². The molecule has 12 nitrogen and oxygen atoms in total. The number of carbonyl (C=O) groups excluding carboxylic acids is 3. The first kappa shape index (κ1) is 27.9. The minimum atomic E-state index is -0.929. The van der Waals surface area contributed by atoms with Gasteiger partial charge in [0.2, 0.25) is 17.7 Å². The van der Waals surface area contributed by atoms with E-state index in [9.17, 15) is 19.6 Å². The number of benzene rings is 2. The average Bonchev–Trinajstić information content (AvgIpc) is 3.44. The molecule has 5 rings (SSSR count). The van der Waals surface area contributed by atoms with Crippen molar-refractivity contribution in [3.05, 3.63) is 75.6 Å². The number of carbonyl (C=O) groups is 3. The second kappa shape index (κ2) is 11.1. The number of tetrazole rings is 1. The number of hydrogen-bond acceptors (Lipinski definition) is 8. The van der Waals surface area contributed by atoms with Gasteiger partial charge in [0.15, 0.2) is 5.82 Å². The van der Waals surface area contributed by atoms with Crippen LogP contribution in [0.15, 0.2) is 36.4 Å². The predicted molar refractivity (Wildman–Crippen MR) is 148 cm³/mol. The Balaban J connectivity index is 1.52. The Hall–Kier alpha value is -4.63. The standard InChI is InChI=1S/C29H33N9O3/c1-16-11-24(16)38(17(2)14-30)25(39)15-33-10-9-29(28-34-36-37-35-28)22-7-5-20(26(31)40)12-18(22)3-4-19-13-21(27(32)41)6-8-23(19)29/h5-8,12-13,16-17,24,33H,3-4,9-11,15H2,1-2H3,(H2,31,40)(H2,32,41)(H,34,35,36,37)/t16-,17?,24+/m1/s1. The molecule has 1 saturated carbocycles. The largest absolute Gasteiger partial charge is 0.366 e. The van der Waals surface area contributed by atoms with Gasteiger partial charge in [0.1, 0.15) is 6.04 Å². The van der Waals surface area contributed by atoms with Gasteiger partial charge in [0.25, 0.3) is 0 Å². The zero-order valence-corrected chi connectivity index (χ0v) is 23.1. The molecule has 1 heterocycles. The lowest BCUT2D eigenvalue weighted by atomic mass is 9.69. The predicted octanol–water partition coefficient (Wildman–Crippen LogP) is 0.959. The molecule has 0 radical (unpaired) electrons. The van der Waals surface area contributed by atoms with Crippen molar-refractivity contribution in [1.82, 2.24) is 30.8 Å². The number of H-pyrrole nitrogens is 1. The van der Waals surface area contributed by atoms with E-state index in [0.29, 0.717) is 48.7 Å². The first-order valence-corrected chi connectivity index (χ1v) is 13.7. The maximum Gasteiger partial charge on any atom is 0.248 e. The topological polar surface area (TPSA) is 197 Å². The molecule has 6 N–H and O–H groups in total. The molecule has 12 heteroatoms. The van der Waals surface area contributed by atoms with E-state index in [4.69, 9.17) is 11.5 Å². The van der Waals surface area contributed by atoms with Gasteiger partial charge in [0.05, 0.1) is 18.0 Å². The van der Waals surface area contributed by atoms with E-state index in [2.05, 4.69) is 38.9 Å². The third-order valence-electron chi connectivity index (χ3n) is 8.36. The third-order valence-corrected chi connectivity index (χ3v) is 8.36. The molecule has 2 aliphatic rings. The summed E-state index contributed by atoms with van der Waals surface area (Å²) in [6.07, 6.45) is 2.49. The molecule has 1 unspecified atom stereocenters. The van der Waals surface area contributed by atoms with Gasteiger partial charge in [-0.25, -0.2) is 0 Å². The first-order valence-electron chi connectivity index (χ1n) is 13.7. The highest BCUT2D eigenvalue weighted by atomic mass is 16.2. The molecule has 3 amide bonds. The third kappa shape index (κ3) is 5.16.